The molecule has 0 heterocycles. The number of carbonyl (C=O) groups excluding carboxylic acids is 1. The first-order valence-electron chi connectivity index (χ1n) is 12.8. The SMILES string of the molecule is CCCC(=NCN)c1ccc(OC2C3CC4C2CC4(C(=O)OCOCc2cc(N)cc(N)c2)C3)cc1. The lowest BCUT2D eigenvalue weighted by molar-refractivity contribution is -0.194. The predicted molar refractivity (Wildman–Crippen MR) is 139 cm³/mol. The highest BCUT2D eigenvalue weighted by atomic mass is 16.7. The zero-order valence-corrected chi connectivity index (χ0v) is 20.8. The Morgan fingerprint density at radius 1 is 1.11 bits per heavy atom. The number of fused-ring (bicyclic) bond motifs is 1. The van der Waals surface area contributed by atoms with Crippen LogP contribution >= 0.6 is 0 Å². The number of anilines is 2. The van der Waals surface area contributed by atoms with Gasteiger partial charge < -0.3 is 31.4 Å². The molecule has 3 aliphatic rings. The van der Waals surface area contributed by atoms with Crippen LogP contribution in [0, 0.1) is 23.2 Å². The zero-order valence-electron chi connectivity index (χ0n) is 20.8. The van der Waals surface area contributed by atoms with E-state index in [1.165, 1.54) is 0 Å². The van der Waals surface area contributed by atoms with E-state index in [0.717, 1.165) is 54.7 Å². The molecule has 36 heavy (non-hydrogen) atoms. The van der Waals surface area contributed by atoms with E-state index in [1.807, 2.05) is 12.1 Å². The predicted octanol–water partition coefficient (Wildman–Crippen LogP) is 3.87. The number of hydrogen-bond donors (Lipinski definition) is 3. The number of esters is 1. The zero-order chi connectivity index (χ0) is 25.3. The summed E-state index contributed by atoms with van der Waals surface area (Å²) in [6.45, 7) is 2.65. The number of hydrogen-bond acceptors (Lipinski definition) is 8. The van der Waals surface area contributed by atoms with Crippen molar-refractivity contribution >= 4 is 23.1 Å². The van der Waals surface area contributed by atoms with Crippen molar-refractivity contribution in [1.82, 2.24) is 0 Å². The van der Waals surface area contributed by atoms with E-state index in [4.69, 9.17) is 31.4 Å². The summed E-state index contributed by atoms with van der Waals surface area (Å²) >= 11 is 0. The average Bonchev–Trinajstić information content (AvgIpc) is 3.28. The number of nitrogen functional groups attached to an aromatic ring is 2. The van der Waals surface area contributed by atoms with Crippen LogP contribution in [-0.2, 0) is 20.9 Å². The van der Waals surface area contributed by atoms with Crippen LogP contribution in [0.5, 0.6) is 5.75 Å². The highest BCUT2D eigenvalue weighted by molar-refractivity contribution is 6.00. The molecule has 2 aromatic carbocycles. The van der Waals surface area contributed by atoms with Gasteiger partial charge in [0.1, 0.15) is 11.9 Å². The third kappa shape index (κ3) is 4.55. The van der Waals surface area contributed by atoms with Crippen molar-refractivity contribution in [3.05, 3.63) is 53.6 Å². The molecule has 8 heteroatoms. The summed E-state index contributed by atoms with van der Waals surface area (Å²) in [5.74, 6) is 1.86. The molecule has 3 saturated carbocycles. The Morgan fingerprint density at radius 3 is 2.50 bits per heavy atom. The highest BCUT2D eigenvalue weighted by Crippen LogP contribution is 2.71. The molecule has 8 nitrogen and oxygen atoms in total. The number of benzene rings is 2. The van der Waals surface area contributed by atoms with Crippen molar-refractivity contribution in [2.24, 2.45) is 33.9 Å². The van der Waals surface area contributed by atoms with Crippen molar-refractivity contribution in [2.45, 2.75) is 51.7 Å². The lowest BCUT2D eigenvalue weighted by Gasteiger charge is -2.53. The third-order valence-corrected chi connectivity index (χ3v) is 8.11. The lowest BCUT2D eigenvalue weighted by atomic mass is 9.52. The fourth-order valence-electron chi connectivity index (χ4n) is 6.69. The molecule has 3 fully saturated rings. The Labute approximate surface area is 212 Å². The van der Waals surface area contributed by atoms with Crippen LogP contribution < -0.4 is 21.9 Å². The molecule has 2 aromatic rings. The Hall–Kier alpha value is -3.10. The van der Waals surface area contributed by atoms with E-state index in [0.29, 0.717) is 35.8 Å². The van der Waals surface area contributed by atoms with Crippen molar-refractivity contribution < 1.29 is 19.0 Å². The number of nitrogens with two attached hydrogens (primary N) is 3. The first-order valence-corrected chi connectivity index (χ1v) is 12.8. The van der Waals surface area contributed by atoms with Gasteiger partial charge in [-0.15, -0.1) is 0 Å². The molecule has 3 aliphatic carbocycles. The van der Waals surface area contributed by atoms with Crippen LogP contribution in [0.1, 0.15) is 50.2 Å². The molecule has 192 valence electrons. The van der Waals surface area contributed by atoms with Gasteiger partial charge in [0.2, 0.25) is 0 Å². The first-order chi connectivity index (χ1) is 17.4. The molecule has 5 atom stereocenters. The summed E-state index contributed by atoms with van der Waals surface area (Å²) in [5, 5.41) is 0. The van der Waals surface area contributed by atoms with Gasteiger partial charge in [0.15, 0.2) is 6.79 Å². The molecule has 0 aromatic heterocycles. The first kappa shape index (κ1) is 24.6. The van der Waals surface area contributed by atoms with E-state index in [-0.39, 0.29) is 30.9 Å². The maximum absolute atomic E-state index is 13.0. The van der Waals surface area contributed by atoms with Crippen LogP contribution in [-0.4, -0.2) is 31.2 Å². The average molecular weight is 493 g/mol. The van der Waals surface area contributed by atoms with E-state index >= 15 is 0 Å². The molecule has 5 rings (SSSR count). The largest absolute Gasteiger partial charge is 0.490 e. The minimum Gasteiger partial charge on any atom is -0.490 e. The number of nitrogens with zero attached hydrogens (tertiary/aromatic N) is 1. The van der Waals surface area contributed by atoms with E-state index in [1.54, 1.807) is 18.2 Å². The standard InChI is InChI=1S/C28H36N4O4/c1-2-3-25(32-15-29)18-4-6-22(7-5-18)36-26-19-10-24-23(26)13-28(24,12-19)27(33)35-16-34-14-17-8-20(30)11-21(31)9-17/h4-9,11,19,23-24,26H,2-3,10,12-16,29-31H2,1H3. The van der Waals surface area contributed by atoms with E-state index < -0.39 is 0 Å². The van der Waals surface area contributed by atoms with Crippen LogP contribution in [0.25, 0.3) is 0 Å². The van der Waals surface area contributed by atoms with Gasteiger partial charge in [0.25, 0.3) is 0 Å². The quantitative estimate of drug-likeness (QED) is 0.142. The highest BCUT2D eigenvalue weighted by Gasteiger charge is 2.73. The second kappa shape index (κ2) is 10.1. The number of aliphatic imine (C=N–C) groups is 1. The smallest absolute Gasteiger partial charge is 0.314 e. The molecule has 0 aliphatic heterocycles. The summed E-state index contributed by atoms with van der Waals surface area (Å²) in [5.41, 5.74) is 21.0. The summed E-state index contributed by atoms with van der Waals surface area (Å²) in [7, 11) is 0. The van der Waals surface area contributed by atoms with Gasteiger partial charge >= 0.3 is 5.97 Å². The van der Waals surface area contributed by atoms with Crippen molar-refractivity contribution in [2.75, 3.05) is 24.9 Å². The number of ether oxygens (including phenoxy) is 3. The number of carbonyl (C=O) groups is 1. The van der Waals surface area contributed by atoms with E-state index in [2.05, 4.69) is 24.0 Å². The Morgan fingerprint density at radius 2 is 1.86 bits per heavy atom. The molecule has 0 radical (unpaired) electrons. The molecule has 2 bridgehead atoms. The normalized spacial score (nSPS) is 28.1. The second-order valence-electron chi connectivity index (χ2n) is 10.4. The fourth-order valence-corrected chi connectivity index (χ4v) is 6.69. The van der Waals surface area contributed by atoms with Crippen molar-refractivity contribution in [3.63, 3.8) is 0 Å². The summed E-state index contributed by atoms with van der Waals surface area (Å²) in [6, 6.07) is 13.5. The maximum atomic E-state index is 13.0. The van der Waals surface area contributed by atoms with Crippen LogP contribution in [0.3, 0.4) is 0 Å². The monoisotopic (exact) mass is 492 g/mol. The summed E-state index contributed by atoms with van der Waals surface area (Å²) in [4.78, 5) is 17.4. The van der Waals surface area contributed by atoms with Gasteiger partial charge in [-0.25, -0.2) is 0 Å². The Bertz CT molecular complexity index is 1110. The molecular formula is C28H36N4O4. The topological polar surface area (TPSA) is 135 Å². The molecule has 0 spiro atoms. The summed E-state index contributed by atoms with van der Waals surface area (Å²) in [6.07, 6.45) is 4.77. The van der Waals surface area contributed by atoms with Gasteiger partial charge in [0.05, 0.1) is 18.7 Å². The minimum absolute atomic E-state index is 0.0723. The van der Waals surface area contributed by atoms with Crippen LogP contribution in [0.15, 0.2) is 47.5 Å². The Balaban J connectivity index is 1.12. The maximum Gasteiger partial charge on any atom is 0.314 e. The molecule has 6 N–H and O–H groups in total. The molecule has 5 unspecified atom stereocenters. The molecule has 0 saturated heterocycles. The Kier molecular flexibility index (Phi) is 6.90. The minimum atomic E-state index is -0.363. The van der Waals surface area contributed by atoms with Crippen molar-refractivity contribution in [1.29, 1.82) is 0 Å². The van der Waals surface area contributed by atoms with Gasteiger partial charge in [-0.05, 0) is 91.1 Å². The van der Waals surface area contributed by atoms with Crippen LogP contribution in [0.2, 0.25) is 0 Å². The second-order valence-corrected chi connectivity index (χ2v) is 10.4. The number of rotatable bonds is 11. The molecular weight excluding hydrogens is 456 g/mol. The van der Waals surface area contributed by atoms with Gasteiger partial charge in [-0.2, -0.15) is 0 Å². The third-order valence-electron chi connectivity index (χ3n) is 8.11. The summed E-state index contributed by atoms with van der Waals surface area (Å²) < 4.78 is 17.6. The fraction of sp³-hybridized carbons (Fsp3) is 0.500. The van der Waals surface area contributed by atoms with Crippen LogP contribution in [0.4, 0.5) is 11.4 Å². The molecule has 0 amide bonds. The lowest BCUT2D eigenvalue weighted by Crippen LogP contribution is -2.57. The van der Waals surface area contributed by atoms with Crippen molar-refractivity contribution in [3.8, 4) is 5.75 Å². The van der Waals surface area contributed by atoms with Gasteiger partial charge in [-0.3, -0.25) is 9.79 Å². The van der Waals surface area contributed by atoms with Gasteiger partial charge in [-0.1, -0.05) is 13.3 Å². The van der Waals surface area contributed by atoms with E-state index in [9.17, 15) is 4.79 Å². The van der Waals surface area contributed by atoms with Gasteiger partial charge in [0, 0.05) is 23.0 Å².